The minimum atomic E-state index is -1.11. The molecule has 0 aromatic heterocycles. The number of hydrogen-bond acceptors (Lipinski definition) is 2. The number of carbonyl (C=O) groups is 1. The molecule has 0 fully saturated rings. The van der Waals surface area contributed by atoms with Crippen molar-refractivity contribution in [1.29, 1.82) is 0 Å². The van der Waals surface area contributed by atoms with Gasteiger partial charge in [-0.1, -0.05) is 11.6 Å². The maximum absolute atomic E-state index is 12.5. The van der Waals surface area contributed by atoms with Crippen LogP contribution < -0.4 is 4.74 Å². The Bertz CT molecular complexity index is 327. The predicted molar refractivity (Wildman–Crippen MR) is 44.5 cm³/mol. The summed E-state index contributed by atoms with van der Waals surface area (Å²) >= 11 is 5.56. The Kier molecular flexibility index (Phi) is 3.08. The maximum Gasteiger partial charge on any atom is 0.341 e. The van der Waals surface area contributed by atoms with Crippen LogP contribution in [0.5, 0.6) is 5.75 Å². The Labute approximate surface area is 78.7 Å². The van der Waals surface area contributed by atoms with Gasteiger partial charge in [0.05, 0.1) is 5.02 Å². The number of carboxylic acids is 1. The van der Waals surface area contributed by atoms with E-state index >= 15 is 0 Å². The minimum absolute atomic E-state index is 0.0567. The highest BCUT2D eigenvalue weighted by molar-refractivity contribution is 6.32. The van der Waals surface area contributed by atoms with Gasteiger partial charge in [-0.3, -0.25) is 0 Å². The lowest BCUT2D eigenvalue weighted by atomic mass is 10.3. The van der Waals surface area contributed by atoms with Gasteiger partial charge in [-0.2, -0.15) is 0 Å². The van der Waals surface area contributed by atoms with E-state index in [4.69, 9.17) is 21.4 Å². The van der Waals surface area contributed by atoms with Crippen molar-refractivity contribution in [2.75, 3.05) is 6.61 Å². The third-order valence-corrected chi connectivity index (χ3v) is 1.54. The fourth-order valence-corrected chi connectivity index (χ4v) is 0.954. The van der Waals surface area contributed by atoms with Crippen LogP contribution in [-0.2, 0) is 4.79 Å². The number of hydrogen-bond donors (Lipinski definition) is 1. The molecule has 0 heterocycles. The number of ether oxygens (including phenoxy) is 1. The lowest BCUT2D eigenvalue weighted by Crippen LogP contribution is -2.09. The number of aliphatic carboxylic acids is 1. The third kappa shape index (κ3) is 2.91. The molecule has 0 aliphatic rings. The summed E-state index contributed by atoms with van der Waals surface area (Å²) in [4.78, 5) is 10.1. The summed E-state index contributed by atoms with van der Waals surface area (Å²) in [6.07, 6.45) is 0. The fourth-order valence-electron chi connectivity index (χ4n) is 0.732. The molecule has 1 aromatic rings. The van der Waals surface area contributed by atoms with E-state index in [2.05, 4.69) is 0 Å². The third-order valence-electron chi connectivity index (χ3n) is 1.25. The topological polar surface area (TPSA) is 46.5 Å². The zero-order valence-corrected chi connectivity index (χ0v) is 7.21. The van der Waals surface area contributed by atoms with Crippen LogP contribution in [-0.4, -0.2) is 17.7 Å². The van der Waals surface area contributed by atoms with Gasteiger partial charge in [0.2, 0.25) is 0 Å². The molecule has 70 valence electrons. The molecule has 0 atom stereocenters. The van der Waals surface area contributed by atoms with Gasteiger partial charge in [-0.25, -0.2) is 9.18 Å². The van der Waals surface area contributed by atoms with Crippen molar-refractivity contribution in [1.82, 2.24) is 0 Å². The van der Waals surface area contributed by atoms with Crippen LogP contribution in [0, 0.1) is 5.82 Å². The lowest BCUT2D eigenvalue weighted by molar-refractivity contribution is -0.139. The van der Waals surface area contributed by atoms with Gasteiger partial charge in [0.25, 0.3) is 0 Å². The van der Waals surface area contributed by atoms with E-state index in [1.807, 2.05) is 0 Å². The normalized spacial score (nSPS) is 9.69. The van der Waals surface area contributed by atoms with Crippen LogP contribution in [0.15, 0.2) is 18.2 Å². The SMILES string of the molecule is O=C(O)COc1ccc(F)cc1Cl. The standard InChI is InChI=1S/C8H6ClFO3/c9-6-3-5(10)1-2-7(6)13-4-8(11)12/h1-3H,4H2,(H,11,12). The van der Waals surface area contributed by atoms with E-state index < -0.39 is 18.4 Å². The van der Waals surface area contributed by atoms with Gasteiger partial charge < -0.3 is 9.84 Å². The Morgan fingerprint density at radius 1 is 1.62 bits per heavy atom. The molecular weight excluding hydrogens is 199 g/mol. The molecule has 0 spiro atoms. The Balaban J connectivity index is 2.72. The van der Waals surface area contributed by atoms with Crippen molar-refractivity contribution in [2.24, 2.45) is 0 Å². The molecule has 5 heteroatoms. The van der Waals surface area contributed by atoms with Crippen LogP contribution in [0.4, 0.5) is 4.39 Å². The van der Waals surface area contributed by atoms with Gasteiger partial charge >= 0.3 is 5.97 Å². The monoisotopic (exact) mass is 204 g/mol. The molecule has 1 aromatic carbocycles. The number of benzene rings is 1. The highest BCUT2D eigenvalue weighted by Crippen LogP contribution is 2.24. The van der Waals surface area contributed by atoms with Crippen LogP contribution in [0.3, 0.4) is 0 Å². The first-order valence-corrected chi connectivity index (χ1v) is 3.77. The lowest BCUT2D eigenvalue weighted by Gasteiger charge is -2.04. The maximum atomic E-state index is 12.5. The summed E-state index contributed by atoms with van der Waals surface area (Å²) in [5.41, 5.74) is 0. The van der Waals surface area contributed by atoms with Crippen LogP contribution in [0.1, 0.15) is 0 Å². The molecule has 0 saturated heterocycles. The molecule has 0 radical (unpaired) electrons. The molecule has 0 aliphatic heterocycles. The van der Waals surface area contributed by atoms with E-state index in [0.717, 1.165) is 12.1 Å². The van der Waals surface area contributed by atoms with Crippen molar-refractivity contribution in [3.05, 3.63) is 29.0 Å². The van der Waals surface area contributed by atoms with Gasteiger partial charge in [-0.15, -0.1) is 0 Å². The molecule has 1 N–H and O–H groups in total. The highest BCUT2D eigenvalue weighted by Gasteiger charge is 2.04. The molecule has 3 nitrogen and oxygen atoms in total. The van der Waals surface area contributed by atoms with E-state index in [1.165, 1.54) is 6.07 Å². The molecule has 0 aliphatic carbocycles. The number of rotatable bonds is 3. The predicted octanol–water partition coefficient (Wildman–Crippen LogP) is 1.94. The average Bonchev–Trinajstić information content (AvgIpc) is 2.02. The summed E-state index contributed by atoms with van der Waals surface area (Å²) in [5.74, 6) is -1.45. The van der Waals surface area contributed by atoms with Crippen LogP contribution in [0.2, 0.25) is 5.02 Å². The molecule has 0 unspecified atom stereocenters. The first kappa shape index (κ1) is 9.80. The Morgan fingerprint density at radius 2 is 2.31 bits per heavy atom. The van der Waals surface area contributed by atoms with Crippen LogP contribution in [0.25, 0.3) is 0 Å². The second-order valence-electron chi connectivity index (χ2n) is 2.26. The highest BCUT2D eigenvalue weighted by atomic mass is 35.5. The van der Waals surface area contributed by atoms with Crippen molar-refractivity contribution < 1.29 is 19.0 Å². The minimum Gasteiger partial charge on any atom is -0.480 e. The second kappa shape index (κ2) is 4.09. The molecule has 1 rings (SSSR count). The zero-order valence-electron chi connectivity index (χ0n) is 6.46. The smallest absolute Gasteiger partial charge is 0.341 e. The second-order valence-corrected chi connectivity index (χ2v) is 2.66. The van der Waals surface area contributed by atoms with Crippen molar-refractivity contribution in [3.63, 3.8) is 0 Å². The zero-order chi connectivity index (χ0) is 9.84. The number of carboxylic acid groups (broad SMARTS) is 1. The van der Waals surface area contributed by atoms with E-state index in [1.54, 1.807) is 0 Å². The summed E-state index contributed by atoms with van der Waals surface area (Å²) in [7, 11) is 0. The van der Waals surface area contributed by atoms with Crippen molar-refractivity contribution in [2.45, 2.75) is 0 Å². The largest absolute Gasteiger partial charge is 0.480 e. The molecule has 13 heavy (non-hydrogen) atoms. The number of halogens is 2. The Hall–Kier alpha value is -1.29. The van der Waals surface area contributed by atoms with Gasteiger partial charge in [0.1, 0.15) is 11.6 Å². The van der Waals surface area contributed by atoms with Crippen LogP contribution >= 0.6 is 11.6 Å². The quantitative estimate of drug-likeness (QED) is 0.819. The van der Waals surface area contributed by atoms with Gasteiger partial charge in [0, 0.05) is 0 Å². The Morgan fingerprint density at radius 3 is 2.85 bits per heavy atom. The van der Waals surface area contributed by atoms with E-state index in [9.17, 15) is 9.18 Å². The summed E-state index contributed by atoms with van der Waals surface area (Å²) in [5, 5.41) is 8.33. The molecule has 0 amide bonds. The van der Waals surface area contributed by atoms with Gasteiger partial charge in [-0.05, 0) is 18.2 Å². The average molecular weight is 205 g/mol. The fraction of sp³-hybridized carbons (Fsp3) is 0.125. The molecular formula is C8H6ClFO3. The molecule has 0 saturated carbocycles. The summed E-state index contributed by atoms with van der Waals surface area (Å²) in [6, 6.07) is 3.47. The van der Waals surface area contributed by atoms with Crippen molar-refractivity contribution in [3.8, 4) is 5.75 Å². The summed E-state index contributed by atoms with van der Waals surface area (Å²) in [6.45, 7) is -0.495. The van der Waals surface area contributed by atoms with Crippen molar-refractivity contribution >= 4 is 17.6 Å². The van der Waals surface area contributed by atoms with Gasteiger partial charge in [0.15, 0.2) is 6.61 Å². The molecule has 0 bridgehead atoms. The first-order valence-electron chi connectivity index (χ1n) is 3.39. The van der Waals surface area contributed by atoms with E-state index in [0.29, 0.717) is 0 Å². The van der Waals surface area contributed by atoms with E-state index in [-0.39, 0.29) is 10.8 Å². The first-order chi connectivity index (χ1) is 6.09. The summed E-state index contributed by atoms with van der Waals surface area (Å²) < 4.78 is 17.2.